The maximum Gasteiger partial charge on any atom is 0.241 e. The lowest BCUT2D eigenvalue weighted by Gasteiger charge is -2.34. The van der Waals surface area contributed by atoms with Crippen molar-refractivity contribution in [1.29, 1.82) is 0 Å². The van der Waals surface area contributed by atoms with Gasteiger partial charge in [0, 0.05) is 18.2 Å². The average molecular weight is 409 g/mol. The van der Waals surface area contributed by atoms with Crippen LogP contribution in [0.2, 0.25) is 0 Å². The van der Waals surface area contributed by atoms with E-state index in [0.717, 1.165) is 37.4 Å². The lowest BCUT2D eigenvalue weighted by atomic mass is 9.95. The maximum absolute atomic E-state index is 12.9. The zero-order valence-electron chi connectivity index (χ0n) is 17.5. The molecule has 1 atom stereocenters. The van der Waals surface area contributed by atoms with E-state index < -0.39 is 0 Å². The van der Waals surface area contributed by atoms with E-state index in [-0.39, 0.29) is 11.9 Å². The minimum absolute atomic E-state index is 0.0511. The summed E-state index contributed by atoms with van der Waals surface area (Å²) in [7, 11) is 3.17. The van der Waals surface area contributed by atoms with E-state index in [9.17, 15) is 4.79 Å². The van der Waals surface area contributed by atoms with Crippen molar-refractivity contribution in [3.8, 4) is 11.5 Å². The topological polar surface area (TPSA) is 81.0 Å². The first kappa shape index (κ1) is 20.2. The van der Waals surface area contributed by atoms with Crippen LogP contribution in [0.5, 0.6) is 11.5 Å². The summed E-state index contributed by atoms with van der Waals surface area (Å²) in [6.07, 6.45) is 3.90. The molecule has 1 unspecified atom stereocenters. The number of fused-ring (bicyclic) bond motifs is 1. The minimum Gasteiger partial charge on any atom is -0.497 e. The van der Waals surface area contributed by atoms with Crippen LogP contribution in [0, 0.1) is 0 Å². The van der Waals surface area contributed by atoms with Crippen LogP contribution in [0.3, 0.4) is 0 Å². The Kier molecular flexibility index (Phi) is 5.85. The van der Waals surface area contributed by atoms with Crippen LogP contribution in [-0.2, 0) is 4.79 Å². The van der Waals surface area contributed by atoms with Crippen LogP contribution in [0.15, 0.2) is 42.6 Å². The fourth-order valence-corrected chi connectivity index (χ4v) is 3.99. The Morgan fingerprint density at radius 2 is 1.93 bits per heavy atom. The molecule has 1 aromatic carbocycles. The monoisotopic (exact) mass is 409 g/mol. The molecule has 1 saturated heterocycles. The van der Waals surface area contributed by atoms with Gasteiger partial charge in [-0.3, -0.25) is 14.1 Å². The van der Waals surface area contributed by atoms with Crippen molar-refractivity contribution < 1.29 is 14.3 Å². The third-order valence-corrected chi connectivity index (χ3v) is 5.83. The van der Waals surface area contributed by atoms with E-state index in [1.54, 1.807) is 32.4 Å². The molecule has 1 aliphatic heterocycles. The molecule has 4 rings (SSSR count). The predicted octanol–water partition coefficient (Wildman–Crippen LogP) is 2.95. The summed E-state index contributed by atoms with van der Waals surface area (Å²) in [6.45, 7) is 3.61. The second kappa shape index (κ2) is 8.71. The molecule has 0 radical (unpaired) electrons. The Morgan fingerprint density at radius 1 is 1.13 bits per heavy atom. The summed E-state index contributed by atoms with van der Waals surface area (Å²) in [5, 5.41) is 11.7. The Labute approximate surface area is 175 Å². The molecule has 0 saturated carbocycles. The number of aromatic nitrogens is 3. The van der Waals surface area contributed by atoms with Crippen molar-refractivity contribution in [2.75, 3.05) is 32.6 Å². The zero-order valence-corrected chi connectivity index (χ0v) is 17.5. The second-order valence-corrected chi connectivity index (χ2v) is 7.53. The molecule has 30 heavy (non-hydrogen) atoms. The number of rotatable bonds is 6. The van der Waals surface area contributed by atoms with E-state index in [4.69, 9.17) is 9.47 Å². The first-order chi connectivity index (χ1) is 14.6. The fraction of sp³-hybridized carbons (Fsp3) is 0.409. The first-order valence-electron chi connectivity index (χ1n) is 10.2. The lowest BCUT2D eigenvalue weighted by Crippen LogP contribution is -2.45. The standard InChI is InChI=1S/C22H27N5O3/c1-15(22(28)23-18-8-7-17(29-2)14-19(18)30-3)26-12-9-16(10-13-26)21-25-24-20-6-4-5-11-27(20)21/h4-8,11,14-16H,9-10,12-13H2,1-3H3,(H,23,28). The molecule has 2 aromatic heterocycles. The molecular weight excluding hydrogens is 382 g/mol. The summed E-state index contributed by atoms with van der Waals surface area (Å²) in [5.74, 6) is 2.55. The molecule has 0 bridgehead atoms. The number of likely N-dealkylation sites (tertiary alicyclic amines) is 1. The van der Waals surface area contributed by atoms with E-state index in [0.29, 0.717) is 23.1 Å². The van der Waals surface area contributed by atoms with Crippen LogP contribution < -0.4 is 14.8 Å². The van der Waals surface area contributed by atoms with Crippen LogP contribution in [0.4, 0.5) is 5.69 Å². The predicted molar refractivity (Wildman–Crippen MR) is 114 cm³/mol. The second-order valence-electron chi connectivity index (χ2n) is 7.53. The number of benzene rings is 1. The molecule has 1 N–H and O–H groups in total. The Balaban J connectivity index is 1.38. The van der Waals surface area contributed by atoms with E-state index in [2.05, 4.69) is 24.8 Å². The lowest BCUT2D eigenvalue weighted by molar-refractivity contribution is -0.121. The molecule has 8 heteroatoms. The van der Waals surface area contributed by atoms with E-state index in [1.807, 2.05) is 31.3 Å². The number of carbonyl (C=O) groups excluding carboxylic acids is 1. The summed E-state index contributed by atoms with van der Waals surface area (Å²) in [5.41, 5.74) is 1.51. The van der Waals surface area contributed by atoms with Gasteiger partial charge in [-0.05, 0) is 57.1 Å². The Hall–Kier alpha value is -3.13. The SMILES string of the molecule is COc1ccc(NC(=O)C(C)N2CCC(c3nnc4ccccn34)CC2)c(OC)c1. The van der Waals surface area contributed by atoms with Gasteiger partial charge < -0.3 is 14.8 Å². The molecular formula is C22H27N5O3. The van der Waals surface area contributed by atoms with Crippen molar-refractivity contribution in [2.45, 2.75) is 31.7 Å². The molecule has 1 amide bonds. The number of nitrogens with zero attached hydrogens (tertiary/aromatic N) is 4. The number of ether oxygens (including phenoxy) is 2. The van der Waals surface area contributed by atoms with Crippen LogP contribution in [-0.4, -0.2) is 58.8 Å². The summed E-state index contributed by atoms with van der Waals surface area (Å²) in [4.78, 5) is 15.1. The fourth-order valence-electron chi connectivity index (χ4n) is 3.99. The molecule has 1 fully saturated rings. The van der Waals surface area contributed by atoms with E-state index in [1.165, 1.54) is 0 Å². The van der Waals surface area contributed by atoms with Gasteiger partial charge in [-0.1, -0.05) is 6.07 Å². The highest BCUT2D eigenvalue weighted by atomic mass is 16.5. The van der Waals surface area contributed by atoms with Crippen molar-refractivity contribution in [3.63, 3.8) is 0 Å². The number of methoxy groups -OCH3 is 2. The summed E-state index contributed by atoms with van der Waals surface area (Å²) >= 11 is 0. The number of amides is 1. The van der Waals surface area contributed by atoms with Gasteiger partial charge in [0.25, 0.3) is 0 Å². The molecule has 1 aliphatic rings. The molecule has 0 aliphatic carbocycles. The van der Waals surface area contributed by atoms with Crippen molar-refractivity contribution in [3.05, 3.63) is 48.4 Å². The largest absolute Gasteiger partial charge is 0.497 e. The molecule has 0 spiro atoms. The number of anilines is 1. The van der Waals surface area contributed by atoms with Gasteiger partial charge in [0.15, 0.2) is 5.65 Å². The molecule has 158 valence electrons. The third-order valence-electron chi connectivity index (χ3n) is 5.83. The van der Waals surface area contributed by atoms with Gasteiger partial charge in [-0.25, -0.2) is 0 Å². The molecule has 8 nitrogen and oxygen atoms in total. The van der Waals surface area contributed by atoms with E-state index >= 15 is 0 Å². The number of carbonyl (C=O) groups is 1. The maximum atomic E-state index is 12.9. The molecule has 3 aromatic rings. The van der Waals surface area contributed by atoms with Crippen molar-refractivity contribution >= 4 is 17.2 Å². The average Bonchev–Trinajstić information content (AvgIpc) is 3.23. The van der Waals surface area contributed by atoms with Crippen LogP contribution in [0.1, 0.15) is 31.5 Å². The minimum atomic E-state index is -0.243. The highest BCUT2D eigenvalue weighted by molar-refractivity contribution is 5.96. The summed E-state index contributed by atoms with van der Waals surface area (Å²) in [6, 6.07) is 11.0. The Morgan fingerprint density at radius 3 is 2.67 bits per heavy atom. The first-order valence-corrected chi connectivity index (χ1v) is 10.2. The van der Waals surface area contributed by atoms with Gasteiger partial charge >= 0.3 is 0 Å². The van der Waals surface area contributed by atoms with Crippen molar-refractivity contribution in [1.82, 2.24) is 19.5 Å². The highest BCUT2D eigenvalue weighted by Crippen LogP contribution is 2.30. The van der Waals surface area contributed by atoms with Gasteiger partial charge in [-0.15, -0.1) is 10.2 Å². The van der Waals surface area contributed by atoms with Crippen LogP contribution >= 0.6 is 0 Å². The zero-order chi connectivity index (χ0) is 21.1. The van der Waals surface area contributed by atoms with Crippen LogP contribution in [0.25, 0.3) is 5.65 Å². The van der Waals surface area contributed by atoms with Gasteiger partial charge in [0.1, 0.15) is 17.3 Å². The highest BCUT2D eigenvalue weighted by Gasteiger charge is 2.29. The van der Waals surface area contributed by atoms with Gasteiger partial charge in [0.2, 0.25) is 5.91 Å². The number of hydrogen-bond donors (Lipinski definition) is 1. The smallest absolute Gasteiger partial charge is 0.241 e. The summed E-state index contributed by atoms with van der Waals surface area (Å²) < 4.78 is 12.7. The quantitative estimate of drug-likeness (QED) is 0.674. The van der Waals surface area contributed by atoms with Gasteiger partial charge in [-0.2, -0.15) is 0 Å². The van der Waals surface area contributed by atoms with Crippen molar-refractivity contribution in [2.24, 2.45) is 0 Å². The normalized spacial score (nSPS) is 16.4. The third kappa shape index (κ3) is 3.95. The number of hydrogen-bond acceptors (Lipinski definition) is 6. The number of nitrogens with one attached hydrogen (secondary N) is 1. The number of pyridine rings is 1. The Bertz CT molecular complexity index is 1030. The number of piperidine rings is 1. The van der Waals surface area contributed by atoms with Gasteiger partial charge in [0.05, 0.1) is 25.9 Å². The molecule has 3 heterocycles.